The van der Waals surface area contributed by atoms with Crippen LogP contribution in [0.3, 0.4) is 0 Å². The van der Waals surface area contributed by atoms with E-state index < -0.39 is 13.2 Å². The number of aromatic nitrogens is 2. The molecule has 0 radical (unpaired) electrons. The van der Waals surface area contributed by atoms with Gasteiger partial charge in [-0.05, 0) is 42.4 Å². The van der Waals surface area contributed by atoms with Gasteiger partial charge in [-0.3, -0.25) is 14.3 Å². The highest BCUT2D eigenvalue weighted by molar-refractivity contribution is 6.58. The molecule has 1 aliphatic rings. The molecule has 1 aromatic carbocycles. The molecule has 0 aliphatic heterocycles. The van der Waals surface area contributed by atoms with Gasteiger partial charge in [0.1, 0.15) is 11.7 Å². The topological polar surface area (TPSA) is 116 Å². The predicted molar refractivity (Wildman–Crippen MR) is 106 cm³/mol. The third kappa shape index (κ3) is 4.79. The largest absolute Gasteiger partial charge is 0.488 e. The first-order chi connectivity index (χ1) is 13.5. The molecule has 0 bridgehead atoms. The lowest BCUT2D eigenvalue weighted by Crippen LogP contribution is -2.49. The summed E-state index contributed by atoms with van der Waals surface area (Å²) < 4.78 is 1.48. The molecule has 0 unspecified atom stereocenters. The van der Waals surface area contributed by atoms with E-state index in [1.807, 2.05) is 0 Å². The van der Waals surface area contributed by atoms with Gasteiger partial charge in [0.15, 0.2) is 0 Å². The van der Waals surface area contributed by atoms with Crippen LogP contribution in [0.25, 0.3) is 0 Å². The molecular weight excluding hydrogens is 359 g/mol. The zero-order chi connectivity index (χ0) is 20.1. The fourth-order valence-corrected chi connectivity index (χ4v) is 3.64. The number of hydrogen-bond acceptors (Lipinski definition) is 5. The number of rotatable bonds is 6. The van der Waals surface area contributed by atoms with E-state index in [0.29, 0.717) is 16.8 Å². The molecule has 1 heterocycles. The van der Waals surface area contributed by atoms with Crippen molar-refractivity contribution in [3.63, 3.8) is 0 Å². The van der Waals surface area contributed by atoms with E-state index in [0.717, 1.165) is 32.1 Å². The summed E-state index contributed by atoms with van der Waals surface area (Å²) in [5.74, 6) is -0.534. The number of carbonyl (C=O) groups is 2. The van der Waals surface area contributed by atoms with Gasteiger partial charge in [0.25, 0.3) is 5.91 Å². The molecule has 3 rings (SSSR count). The van der Waals surface area contributed by atoms with Gasteiger partial charge in [-0.1, -0.05) is 31.4 Å². The number of anilines is 1. The number of nitrogens with zero attached hydrogens (tertiary/aromatic N) is 2. The summed E-state index contributed by atoms with van der Waals surface area (Å²) in [6, 6.07) is 7.24. The average Bonchev–Trinajstić information content (AvgIpc) is 3.13. The molecule has 0 saturated heterocycles. The van der Waals surface area contributed by atoms with Crippen LogP contribution in [0.5, 0.6) is 0 Å². The van der Waals surface area contributed by atoms with Gasteiger partial charge in [0.05, 0.1) is 0 Å². The molecule has 0 spiro atoms. The Bertz CT molecular complexity index is 816. The first-order valence-electron chi connectivity index (χ1n) is 9.51. The lowest BCUT2D eigenvalue weighted by atomic mass is 9.80. The van der Waals surface area contributed by atoms with E-state index in [1.165, 1.54) is 16.8 Å². The van der Waals surface area contributed by atoms with Crippen molar-refractivity contribution in [3.05, 3.63) is 42.2 Å². The molecule has 1 aromatic heterocycles. The fourth-order valence-electron chi connectivity index (χ4n) is 3.64. The lowest BCUT2D eigenvalue weighted by Gasteiger charge is -2.30. The molecule has 9 heteroatoms. The first-order valence-corrected chi connectivity index (χ1v) is 9.51. The fraction of sp³-hybridized carbons (Fsp3) is 0.421. The van der Waals surface area contributed by atoms with Gasteiger partial charge in [0, 0.05) is 18.9 Å². The summed E-state index contributed by atoms with van der Waals surface area (Å²) in [5.41, 5.74) is 1.27. The summed E-state index contributed by atoms with van der Waals surface area (Å²) in [4.78, 5) is 25.6. The van der Waals surface area contributed by atoms with Gasteiger partial charge in [-0.15, -0.1) is 0 Å². The molecule has 1 fully saturated rings. The zero-order valence-electron chi connectivity index (χ0n) is 15.8. The van der Waals surface area contributed by atoms with E-state index >= 15 is 0 Å². The average molecular weight is 384 g/mol. The van der Waals surface area contributed by atoms with Crippen LogP contribution in [-0.4, -0.2) is 44.8 Å². The standard InChI is InChI=1S/C19H25BN4O4/c1-24-16(11-12-21-24)18(25)23-17(13-5-3-2-4-6-13)19(26)22-15-9-7-14(8-10-15)20(27)28/h7-13,17,27-28H,2-6H2,1H3,(H,22,26)(H,23,25)/t17-/m0/s1. The highest BCUT2D eigenvalue weighted by Gasteiger charge is 2.31. The Morgan fingerprint density at radius 1 is 1.14 bits per heavy atom. The molecule has 2 amide bonds. The third-order valence-electron chi connectivity index (χ3n) is 5.22. The molecule has 1 atom stereocenters. The van der Waals surface area contributed by atoms with Crippen molar-refractivity contribution in [1.82, 2.24) is 15.1 Å². The smallest absolute Gasteiger partial charge is 0.423 e. The van der Waals surface area contributed by atoms with E-state index in [2.05, 4.69) is 15.7 Å². The molecular formula is C19H25BN4O4. The van der Waals surface area contributed by atoms with Crippen LogP contribution in [-0.2, 0) is 11.8 Å². The first kappa shape index (κ1) is 20.1. The molecule has 1 saturated carbocycles. The Hall–Kier alpha value is -2.65. The van der Waals surface area contributed by atoms with Gasteiger partial charge in [-0.2, -0.15) is 5.10 Å². The highest BCUT2D eigenvalue weighted by atomic mass is 16.4. The summed E-state index contributed by atoms with van der Waals surface area (Å²) in [5, 5.41) is 28.1. The summed E-state index contributed by atoms with van der Waals surface area (Å²) >= 11 is 0. The Balaban J connectivity index is 1.74. The maximum Gasteiger partial charge on any atom is 0.488 e. The van der Waals surface area contributed by atoms with Crippen molar-refractivity contribution in [1.29, 1.82) is 0 Å². The maximum atomic E-state index is 13.0. The number of aryl methyl sites for hydroxylation is 1. The Morgan fingerprint density at radius 2 is 1.82 bits per heavy atom. The third-order valence-corrected chi connectivity index (χ3v) is 5.22. The monoisotopic (exact) mass is 384 g/mol. The van der Waals surface area contributed by atoms with Crippen LogP contribution in [0.2, 0.25) is 0 Å². The van der Waals surface area contributed by atoms with E-state index in [9.17, 15) is 19.6 Å². The van der Waals surface area contributed by atoms with Crippen LogP contribution < -0.4 is 16.1 Å². The van der Waals surface area contributed by atoms with Crippen LogP contribution in [0.1, 0.15) is 42.6 Å². The quantitative estimate of drug-likeness (QED) is 0.539. The zero-order valence-corrected chi connectivity index (χ0v) is 15.8. The second-order valence-electron chi connectivity index (χ2n) is 7.17. The number of hydrogen-bond donors (Lipinski definition) is 4. The minimum Gasteiger partial charge on any atom is -0.423 e. The van der Waals surface area contributed by atoms with Crippen LogP contribution in [0.15, 0.2) is 36.5 Å². The van der Waals surface area contributed by atoms with E-state index in [-0.39, 0.29) is 17.7 Å². The number of carbonyl (C=O) groups excluding carboxylic acids is 2. The Labute approximate surface area is 164 Å². The highest BCUT2D eigenvalue weighted by Crippen LogP contribution is 2.27. The van der Waals surface area contributed by atoms with Crippen molar-refractivity contribution < 1.29 is 19.6 Å². The van der Waals surface area contributed by atoms with E-state index in [1.54, 1.807) is 31.4 Å². The van der Waals surface area contributed by atoms with Gasteiger partial charge < -0.3 is 20.7 Å². The molecule has 8 nitrogen and oxygen atoms in total. The SMILES string of the molecule is Cn1nccc1C(=O)N[C@H](C(=O)Nc1ccc(B(O)O)cc1)C1CCCCC1. The lowest BCUT2D eigenvalue weighted by molar-refractivity contribution is -0.119. The van der Waals surface area contributed by atoms with Crippen LogP contribution in [0, 0.1) is 5.92 Å². The van der Waals surface area contributed by atoms with Gasteiger partial charge >= 0.3 is 7.12 Å². The number of benzene rings is 1. The summed E-state index contributed by atoms with van der Waals surface area (Å²) in [6.45, 7) is 0. The molecule has 1 aliphatic carbocycles. The van der Waals surface area contributed by atoms with Crippen molar-refractivity contribution in [3.8, 4) is 0 Å². The molecule has 2 aromatic rings. The maximum absolute atomic E-state index is 13.0. The second kappa shape index (κ2) is 9.03. The minimum absolute atomic E-state index is 0.0736. The number of amides is 2. The Morgan fingerprint density at radius 3 is 2.39 bits per heavy atom. The summed E-state index contributed by atoms with van der Waals surface area (Å²) in [6.07, 6.45) is 6.55. The van der Waals surface area contributed by atoms with Crippen LogP contribution in [0.4, 0.5) is 5.69 Å². The van der Waals surface area contributed by atoms with Crippen LogP contribution >= 0.6 is 0 Å². The van der Waals surface area contributed by atoms with Gasteiger partial charge in [-0.25, -0.2) is 0 Å². The summed E-state index contributed by atoms with van der Waals surface area (Å²) in [7, 11) is 0.125. The van der Waals surface area contributed by atoms with E-state index in [4.69, 9.17) is 0 Å². The van der Waals surface area contributed by atoms with Gasteiger partial charge in [0.2, 0.25) is 5.91 Å². The molecule has 4 N–H and O–H groups in total. The van der Waals surface area contributed by atoms with Crippen molar-refractivity contribution >= 4 is 30.1 Å². The van der Waals surface area contributed by atoms with Crippen molar-refractivity contribution in [2.45, 2.75) is 38.1 Å². The molecule has 28 heavy (non-hydrogen) atoms. The predicted octanol–water partition coefficient (Wildman–Crippen LogP) is 0.417. The molecule has 148 valence electrons. The van der Waals surface area contributed by atoms with Crippen molar-refractivity contribution in [2.24, 2.45) is 13.0 Å². The second-order valence-corrected chi connectivity index (χ2v) is 7.17. The minimum atomic E-state index is -1.56. The number of nitrogens with one attached hydrogen (secondary N) is 2. The Kier molecular flexibility index (Phi) is 6.48. The normalized spacial score (nSPS) is 15.7. The van der Waals surface area contributed by atoms with Crippen molar-refractivity contribution in [2.75, 3.05) is 5.32 Å².